The van der Waals surface area contributed by atoms with Gasteiger partial charge in [0, 0.05) is 42.5 Å². The van der Waals surface area contributed by atoms with Crippen LogP contribution >= 0.6 is 0 Å². The molecular weight excluding hydrogens is 232 g/mol. The summed E-state index contributed by atoms with van der Waals surface area (Å²) in [6.07, 6.45) is 0. The fourth-order valence-electron chi connectivity index (χ4n) is 1.63. The first-order chi connectivity index (χ1) is 11.7. The van der Waals surface area contributed by atoms with Crippen LogP contribution in [0.25, 0.3) is 11.0 Å². The molecule has 1 fully saturated rings. The summed E-state index contributed by atoms with van der Waals surface area (Å²) < 4.78 is 68.6. The number of carbonyl (C=O) groups is 1. The molecule has 0 radical (unpaired) electrons. The Bertz CT molecular complexity index is 869. The highest BCUT2D eigenvalue weighted by atomic mass is 16.4. The molecule has 2 N–H and O–H groups in total. The second kappa shape index (κ2) is 4.34. The summed E-state index contributed by atoms with van der Waals surface area (Å²) in [5, 5.41) is 11.0. The summed E-state index contributed by atoms with van der Waals surface area (Å²) in [5.41, 5.74) is -0.00656. The third kappa shape index (κ3) is 1.93. The van der Waals surface area contributed by atoms with Crippen molar-refractivity contribution in [1.29, 1.82) is 0 Å². The molecule has 18 heavy (non-hydrogen) atoms. The molecule has 2 aromatic rings. The molecule has 5 nitrogen and oxygen atoms in total. The van der Waals surface area contributed by atoms with Crippen LogP contribution in [0.2, 0.25) is 0 Å². The van der Waals surface area contributed by atoms with Gasteiger partial charge in [-0.1, -0.05) is 0 Å². The van der Waals surface area contributed by atoms with E-state index in [1.165, 1.54) is 18.2 Å². The van der Waals surface area contributed by atoms with Crippen LogP contribution in [0.4, 0.5) is 5.69 Å². The number of hydrogen-bond donors (Lipinski definition) is 2. The number of carboxylic acid groups (broad SMARTS) is 1. The van der Waals surface area contributed by atoms with Crippen molar-refractivity contribution >= 4 is 22.6 Å². The van der Waals surface area contributed by atoms with Crippen LogP contribution in [0.3, 0.4) is 0 Å². The molecule has 1 aliphatic rings. The Kier molecular flexibility index (Phi) is 1.28. The molecule has 0 bridgehead atoms. The number of nitrogens with zero attached hydrogens (tertiary/aromatic N) is 1. The quantitative estimate of drug-likeness (QED) is 0.851. The maximum atomic E-state index is 11.0. The number of piperazine rings is 1. The zero-order chi connectivity index (χ0) is 19.7. The lowest BCUT2D eigenvalue weighted by atomic mass is 10.2. The molecule has 1 aromatic heterocycles. The van der Waals surface area contributed by atoms with Gasteiger partial charge < -0.3 is 19.7 Å². The van der Waals surface area contributed by atoms with Crippen LogP contribution in [-0.4, -0.2) is 37.1 Å². The third-order valence-corrected chi connectivity index (χ3v) is 2.43. The van der Waals surface area contributed by atoms with E-state index in [1.807, 2.05) is 0 Å². The molecule has 0 saturated carbocycles. The van der Waals surface area contributed by atoms with Crippen molar-refractivity contribution in [3.05, 3.63) is 30.0 Å². The second-order valence-electron chi connectivity index (χ2n) is 3.57. The van der Waals surface area contributed by atoms with Crippen LogP contribution < -0.4 is 10.2 Å². The predicted molar refractivity (Wildman–Crippen MR) is 68.3 cm³/mol. The summed E-state index contributed by atoms with van der Waals surface area (Å²) >= 11 is 0. The molecule has 3 rings (SSSR count). The minimum Gasteiger partial charge on any atom is -0.475 e. The van der Waals surface area contributed by atoms with E-state index < -0.39 is 32.0 Å². The highest BCUT2D eigenvalue weighted by molar-refractivity contribution is 5.92. The second-order valence-corrected chi connectivity index (χ2v) is 3.57. The summed E-state index contributed by atoms with van der Waals surface area (Å²) in [7, 11) is 0. The summed E-state index contributed by atoms with van der Waals surface area (Å²) in [5.74, 6) is -1.68. The molecular formula is C13H14N2O3. The number of fused-ring (bicyclic) bond motifs is 1. The van der Waals surface area contributed by atoms with Gasteiger partial charge in [0.1, 0.15) is 5.58 Å². The van der Waals surface area contributed by atoms with Gasteiger partial charge in [0.25, 0.3) is 0 Å². The zero-order valence-electron chi connectivity index (χ0n) is 17.0. The van der Waals surface area contributed by atoms with Gasteiger partial charge in [-0.2, -0.15) is 0 Å². The first-order valence-electron chi connectivity index (χ1n) is 9.07. The van der Waals surface area contributed by atoms with Crippen molar-refractivity contribution in [2.45, 2.75) is 0 Å². The monoisotopic (exact) mass is 254 g/mol. The maximum Gasteiger partial charge on any atom is 0.371 e. The number of hydrogen-bond acceptors (Lipinski definition) is 4. The summed E-state index contributed by atoms with van der Waals surface area (Å²) in [6, 6.07) is 4.89. The third-order valence-electron chi connectivity index (χ3n) is 2.43. The Balaban J connectivity index is 2.21. The van der Waals surface area contributed by atoms with Gasteiger partial charge in [0.05, 0.1) is 5.48 Å². The SMILES string of the molecule is [2H]C1([2H])NC([2H])([2H])C([2H])([2H])N(c2ccc3oc(C(=O)O)cc3c2)C1([2H])[2H]. The lowest BCUT2D eigenvalue weighted by Crippen LogP contribution is -2.43. The first-order valence-corrected chi connectivity index (χ1v) is 5.07. The van der Waals surface area contributed by atoms with E-state index in [2.05, 4.69) is 0 Å². The highest BCUT2D eigenvalue weighted by Gasteiger charge is 2.14. The van der Waals surface area contributed by atoms with Gasteiger partial charge >= 0.3 is 5.97 Å². The fourth-order valence-corrected chi connectivity index (χ4v) is 1.63. The van der Waals surface area contributed by atoms with Crippen LogP contribution in [-0.2, 0) is 0 Å². The Morgan fingerprint density at radius 3 is 2.89 bits per heavy atom. The van der Waals surface area contributed by atoms with Gasteiger partial charge in [-0.3, -0.25) is 0 Å². The standard InChI is InChI=1S/C13H14N2O3/c16-13(17)12-8-9-7-10(1-2-11(9)18-12)15-5-3-14-4-6-15/h1-2,7-8,14H,3-6H2,(H,16,17)/i3D2,4D2,5D2,6D2. The average molecular weight is 254 g/mol. The van der Waals surface area contributed by atoms with Crippen molar-refractivity contribution in [3.8, 4) is 0 Å². The topological polar surface area (TPSA) is 65.7 Å². The van der Waals surface area contributed by atoms with Crippen molar-refractivity contribution in [3.63, 3.8) is 0 Å². The van der Waals surface area contributed by atoms with E-state index in [9.17, 15) is 4.79 Å². The largest absolute Gasteiger partial charge is 0.475 e. The minimum absolute atomic E-state index is 0.161. The molecule has 0 aliphatic carbocycles. The molecule has 0 unspecified atom stereocenters. The van der Waals surface area contributed by atoms with E-state index in [0.717, 1.165) is 6.07 Å². The fraction of sp³-hybridized carbons (Fsp3) is 0.308. The normalized spacial score (nSPS) is 33.9. The van der Waals surface area contributed by atoms with Crippen LogP contribution in [0.5, 0.6) is 0 Å². The Labute approximate surface area is 115 Å². The van der Waals surface area contributed by atoms with Crippen molar-refractivity contribution in [2.24, 2.45) is 0 Å². The number of aromatic carboxylic acids is 1. The molecule has 1 saturated heterocycles. The lowest BCUT2D eigenvalue weighted by molar-refractivity contribution is 0.0665. The lowest BCUT2D eigenvalue weighted by Gasteiger charge is -2.29. The van der Waals surface area contributed by atoms with E-state index in [0.29, 0.717) is 4.90 Å². The summed E-state index contributed by atoms with van der Waals surface area (Å²) in [6.45, 7) is -11.8. The molecule has 0 amide bonds. The number of carboxylic acids is 1. The predicted octanol–water partition coefficient (Wildman–Crippen LogP) is 1.54. The van der Waals surface area contributed by atoms with E-state index in [1.54, 1.807) is 5.32 Å². The molecule has 0 spiro atoms. The number of furan rings is 1. The van der Waals surface area contributed by atoms with Crippen molar-refractivity contribution in [1.82, 2.24) is 5.32 Å². The van der Waals surface area contributed by atoms with E-state index in [-0.39, 0.29) is 22.4 Å². The number of anilines is 1. The molecule has 2 heterocycles. The smallest absolute Gasteiger partial charge is 0.371 e. The summed E-state index contributed by atoms with van der Waals surface area (Å²) in [4.78, 5) is 11.4. The van der Waals surface area contributed by atoms with Crippen LogP contribution in [0, 0.1) is 0 Å². The van der Waals surface area contributed by atoms with Gasteiger partial charge in [0.15, 0.2) is 0 Å². The van der Waals surface area contributed by atoms with E-state index >= 15 is 0 Å². The number of rotatable bonds is 2. The Morgan fingerprint density at radius 2 is 2.17 bits per heavy atom. The molecule has 1 aliphatic heterocycles. The number of nitrogens with one attached hydrogen (secondary N) is 1. The molecule has 1 aromatic carbocycles. The first kappa shape index (κ1) is 5.32. The molecule has 0 atom stereocenters. The molecule has 5 heteroatoms. The zero-order valence-corrected chi connectivity index (χ0v) is 9.02. The van der Waals surface area contributed by atoms with Gasteiger partial charge in [-0.05, 0) is 24.3 Å². The number of benzene rings is 1. The van der Waals surface area contributed by atoms with E-state index in [4.69, 9.17) is 20.5 Å². The Morgan fingerprint density at radius 1 is 1.39 bits per heavy atom. The average Bonchev–Trinajstić information content (AvgIpc) is 2.87. The van der Waals surface area contributed by atoms with Crippen molar-refractivity contribution < 1.29 is 25.3 Å². The van der Waals surface area contributed by atoms with Gasteiger partial charge in [-0.25, -0.2) is 4.79 Å². The van der Waals surface area contributed by atoms with Gasteiger partial charge in [-0.15, -0.1) is 0 Å². The highest BCUT2D eigenvalue weighted by Crippen LogP contribution is 2.25. The van der Waals surface area contributed by atoms with Gasteiger partial charge in [0.2, 0.25) is 5.76 Å². The van der Waals surface area contributed by atoms with Crippen LogP contribution in [0.15, 0.2) is 28.7 Å². The Hall–Kier alpha value is -2.01. The van der Waals surface area contributed by atoms with Crippen molar-refractivity contribution in [2.75, 3.05) is 30.9 Å². The molecule has 94 valence electrons. The van der Waals surface area contributed by atoms with Crippen LogP contribution in [0.1, 0.15) is 21.5 Å². The maximum absolute atomic E-state index is 11.0. The minimum atomic E-state index is -2.96.